The zero-order valence-electron chi connectivity index (χ0n) is 12.2. The zero-order valence-corrected chi connectivity index (χ0v) is 12.2. The normalized spacial score (nSPS) is 15.7. The first-order chi connectivity index (χ1) is 9.29. The smallest absolute Gasteiger partial charge is 0.224 e. The molecule has 0 aliphatic heterocycles. The monoisotopic (exact) mass is 262 g/mol. The van der Waals surface area contributed by atoms with Crippen LogP contribution in [-0.2, 0) is 0 Å². The molecule has 1 aliphatic rings. The Morgan fingerprint density at radius 2 is 2.05 bits per heavy atom. The van der Waals surface area contributed by atoms with Crippen LogP contribution in [0.15, 0.2) is 6.20 Å². The van der Waals surface area contributed by atoms with E-state index in [0.29, 0.717) is 5.95 Å². The number of hydrogen-bond donors (Lipinski definition) is 2. The third-order valence-electron chi connectivity index (χ3n) is 3.86. The summed E-state index contributed by atoms with van der Waals surface area (Å²) >= 11 is 0. The summed E-state index contributed by atoms with van der Waals surface area (Å²) in [5.74, 6) is 2.66. The second kappa shape index (κ2) is 7.31. The van der Waals surface area contributed by atoms with Crippen molar-refractivity contribution in [2.45, 2.75) is 52.4 Å². The van der Waals surface area contributed by atoms with Gasteiger partial charge in [0.25, 0.3) is 0 Å². The Kier molecular flexibility index (Phi) is 5.43. The van der Waals surface area contributed by atoms with E-state index in [1.807, 2.05) is 6.20 Å². The van der Waals surface area contributed by atoms with E-state index in [-0.39, 0.29) is 0 Å². The quantitative estimate of drug-likeness (QED) is 0.737. The van der Waals surface area contributed by atoms with Gasteiger partial charge in [0.2, 0.25) is 5.95 Å². The third-order valence-corrected chi connectivity index (χ3v) is 3.86. The molecule has 0 atom stereocenters. The van der Waals surface area contributed by atoms with Crippen molar-refractivity contribution in [3.05, 3.63) is 11.8 Å². The molecule has 0 unspecified atom stereocenters. The number of nitrogens with zero attached hydrogens (tertiary/aromatic N) is 2. The first-order valence-electron chi connectivity index (χ1n) is 7.61. The third kappa shape index (κ3) is 4.37. The molecule has 2 N–H and O–H groups in total. The first-order valence-corrected chi connectivity index (χ1v) is 7.61. The molecule has 4 heteroatoms. The van der Waals surface area contributed by atoms with Crippen LogP contribution >= 0.6 is 0 Å². The highest BCUT2D eigenvalue weighted by molar-refractivity contribution is 5.46. The summed E-state index contributed by atoms with van der Waals surface area (Å²) in [6, 6.07) is 0. The molecule has 1 fully saturated rings. The maximum atomic E-state index is 4.50. The molecule has 1 aromatic heterocycles. The SMILES string of the molecule is CCNc1ncc(C)c(NCCCC2CCCC2)n1. The number of nitrogens with one attached hydrogen (secondary N) is 2. The van der Waals surface area contributed by atoms with Crippen LogP contribution in [-0.4, -0.2) is 23.1 Å². The average molecular weight is 262 g/mol. The number of aromatic nitrogens is 2. The minimum Gasteiger partial charge on any atom is -0.370 e. The Bertz CT molecular complexity index is 386. The van der Waals surface area contributed by atoms with Crippen molar-refractivity contribution >= 4 is 11.8 Å². The summed E-state index contributed by atoms with van der Waals surface area (Å²) in [6.45, 7) is 5.97. The maximum absolute atomic E-state index is 4.50. The highest BCUT2D eigenvalue weighted by Gasteiger charge is 2.14. The topological polar surface area (TPSA) is 49.8 Å². The Hall–Kier alpha value is -1.32. The standard InChI is InChI=1S/C15H26N4/c1-3-16-15-18-11-12(2)14(19-15)17-10-6-9-13-7-4-5-8-13/h11,13H,3-10H2,1-2H3,(H2,16,17,18,19). The van der Waals surface area contributed by atoms with Gasteiger partial charge in [0.15, 0.2) is 0 Å². The summed E-state index contributed by atoms with van der Waals surface area (Å²) < 4.78 is 0. The van der Waals surface area contributed by atoms with Gasteiger partial charge >= 0.3 is 0 Å². The van der Waals surface area contributed by atoms with Crippen molar-refractivity contribution in [2.24, 2.45) is 5.92 Å². The van der Waals surface area contributed by atoms with E-state index in [2.05, 4.69) is 34.4 Å². The molecule has 0 bridgehead atoms. The molecule has 106 valence electrons. The lowest BCUT2D eigenvalue weighted by atomic mass is 10.0. The molecule has 0 aromatic carbocycles. The van der Waals surface area contributed by atoms with Gasteiger partial charge in [-0.1, -0.05) is 25.7 Å². The lowest BCUT2D eigenvalue weighted by Gasteiger charge is -2.12. The fourth-order valence-electron chi connectivity index (χ4n) is 2.76. The van der Waals surface area contributed by atoms with E-state index in [9.17, 15) is 0 Å². The van der Waals surface area contributed by atoms with E-state index in [1.165, 1.54) is 38.5 Å². The second-order valence-corrected chi connectivity index (χ2v) is 5.48. The predicted molar refractivity (Wildman–Crippen MR) is 80.6 cm³/mol. The van der Waals surface area contributed by atoms with E-state index in [0.717, 1.165) is 30.4 Å². The maximum Gasteiger partial charge on any atom is 0.224 e. The van der Waals surface area contributed by atoms with Crippen LogP contribution < -0.4 is 10.6 Å². The van der Waals surface area contributed by atoms with Crippen molar-refractivity contribution < 1.29 is 0 Å². The molecular weight excluding hydrogens is 236 g/mol. The molecule has 0 amide bonds. The largest absolute Gasteiger partial charge is 0.370 e. The zero-order chi connectivity index (χ0) is 13.5. The molecule has 1 saturated carbocycles. The summed E-state index contributed by atoms with van der Waals surface area (Å²) in [5.41, 5.74) is 1.11. The Balaban J connectivity index is 1.76. The van der Waals surface area contributed by atoms with Crippen LogP contribution in [0, 0.1) is 12.8 Å². The van der Waals surface area contributed by atoms with Gasteiger partial charge < -0.3 is 10.6 Å². The molecule has 19 heavy (non-hydrogen) atoms. The second-order valence-electron chi connectivity index (χ2n) is 5.48. The highest BCUT2D eigenvalue weighted by atomic mass is 15.1. The van der Waals surface area contributed by atoms with Crippen molar-refractivity contribution in [1.29, 1.82) is 0 Å². The van der Waals surface area contributed by atoms with Crippen molar-refractivity contribution in [3.8, 4) is 0 Å². The van der Waals surface area contributed by atoms with Crippen molar-refractivity contribution in [2.75, 3.05) is 23.7 Å². The molecule has 0 spiro atoms. The fraction of sp³-hybridized carbons (Fsp3) is 0.733. The predicted octanol–water partition coefficient (Wildman–Crippen LogP) is 3.60. The lowest BCUT2D eigenvalue weighted by molar-refractivity contribution is 0.491. The van der Waals surface area contributed by atoms with Crippen molar-refractivity contribution in [1.82, 2.24) is 9.97 Å². The van der Waals surface area contributed by atoms with Gasteiger partial charge in [-0.15, -0.1) is 0 Å². The number of rotatable bonds is 7. The number of aryl methyl sites for hydroxylation is 1. The van der Waals surface area contributed by atoms with Gasteiger partial charge in [-0.3, -0.25) is 0 Å². The lowest BCUT2D eigenvalue weighted by Crippen LogP contribution is -2.09. The first kappa shape index (κ1) is 14.1. The van der Waals surface area contributed by atoms with Gasteiger partial charge in [0, 0.05) is 24.8 Å². The van der Waals surface area contributed by atoms with Crippen molar-refractivity contribution in [3.63, 3.8) is 0 Å². The van der Waals surface area contributed by atoms with E-state index in [4.69, 9.17) is 0 Å². The van der Waals surface area contributed by atoms with Gasteiger partial charge in [-0.05, 0) is 32.6 Å². The van der Waals surface area contributed by atoms with Gasteiger partial charge in [0.1, 0.15) is 5.82 Å². The number of anilines is 2. The van der Waals surface area contributed by atoms with Gasteiger partial charge in [-0.2, -0.15) is 4.98 Å². The summed E-state index contributed by atoms with van der Waals surface area (Å²) in [5, 5.41) is 6.59. The van der Waals surface area contributed by atoms with Gasteiger partial charge in [0.05, 0.1) is 0 Å². The summed E-state index contributed by atoms with van der Waals surface area (Å²) in [7, 11) is 0. The molecule has 4 nitrogen and oxygen atoms in total. The molecule has 0 radical (unpaired) electrons. The van der Waals surface area contributed by atoms with Gasteiger partial charge in [-0.25, -0.2) is 4.98 Å². The Morgan fingerprint density at radius 3 is 2.79 bits per heavy atom. The van der Waals surface area contributed by atoms with Crippen LogP contribution in [0.3, 0.4) is 0 Å². The number of hydrogen-bond acceptors (Lipinski definition) is 4. The molecule has 2 rings (SSSR count). The van der Waals surface area contributed by atoms with Crippen LogP contribution in [0.4, 0.5) is 11.8 Å². The van der Waals surface area contributed by atoms with E-state index >= 15 is 0 Å². The van der Waals surface area contributed by atoms with E-state index in [1.54, 1.807) is 0 Å². The Labute approximate surface area is 116 Å². The fourth-order valence-corrected chi connectivity index (χ4v) is 2.76. The minimum absolute atomic E-state index is 0.714. The average Bonchev–Trinajstić information content (AvgIpc) is 2.91. The summed E-state index contributed by atoms with van der Waals surface area (Å²) in [6.07, 6.45) is 10.2. The Morgan fingerprint density at radius 1 is 1.26 bits per heavy atom. The van der Waals surface area contributed by atoms with Crippen LogP contribution in [0.25, 0.3) is 0 Å². The summed E-state index contributed by atoms with van der Waals surface area (Å²) in [4.78, 5) is 8.76. The van der Waals surface area contributed by atoms with Crippen LogP contribution in [0.5, 0.6) is 0 Å². The minimum atomic E-state index is 0.714. The molecule has 1 aromatic rings. The van der Waals surface area contributed by atoms with Crippen LogP contribution in [0.2, 0.25) is 0 Å². The molecular formula is C15H26N4. The highest BCUT2D eigenvalue weighted by Crippen LogP contribution is 2.28. The molecule has 1 aliphatic carbocycles. The molecule has 1 heterocycles. The molecule has 0 saturated heterocycles. The van der Waals surface area contributed by atoms with Crippen LogP contribution in [0.1, 0.15) is 51.0 Å². The van der Waals surface area contributed by atoms with E-state index < -0.39 is 0 Å².